The van der Waals surface area contributed by atoms with Gasteiger partial charge < -0.3 is 14.0 Å². The Hall–Kier alpha value is -2.24. The summed E-state index contributed by atoms with van der Waals surface area (Å²) in [7, 11) is 1.68. The van der Waals surface area contributed by atoms with E-state index in [0.717, 1.165) is 36.8 Å². The van der Waals surface area contributed by atoms with E-state index in [2.05, 4.69) is 27.0 Å². The van der Waals surface area contributed by atoms with E-state index in [1.54, 1.807) is 19.4 Å². The van der Waals surface area contributed by atoms with Crippen LogP contribution in [0.4, 0.5) is 4.79 Å². The molecule has 0 fully saturated rings. The van der Waals surface area contributed by atoms with Gasteiger partial charge in [-0.05, 0) is 25.7 Å². The number of unbranched alkanes of at least 4 members (excludes halogenated alkanes) is 12. The van der Waals surface area contributed by atoms with Crippen LogP contribution in [0.25, 0.3) is 0 Å². The van der Waals surface area contributed by atoms with E-state index >= 15 is 0 Å². The average Bonchev–Trinajstić information content (AvgIpc) is 3.20. The zero-order valence-corrected chi connectivity index (χ0v) is 24.1. The first kappa shape index (κ1) is 32.8. The molecule has 1 atom stereocenters. The lowest BCUT2D eigenvalue weighted by Crippen LogP contribution is -2.29. The molecule has 0 spiro atoms. The average molecular weight is 519 g/mol. The molecule has 1 rings (SSSR count). The van der Waals surface area contributed by atoms with Crippen molar-refractivity contribution < 1.29 is 14.3 Å². The Kier molecular flexibility index (Phi) is 18.4. The molecule has 1 aromatic heterocycles. The third-order valence-electron chi connectivity index (χ3n) is 6.92. The minimum atomic E-state index is -0.756. The van der Waals surface area contributed by atoms with Gasteiger partial charge in [-0.15, -0.1) is 0 Å². The van der Waals surface area contributed by atoms with Crippen LogP contribution in [-0.4, -0.2) is 21.9 Å². The standard InChI is InChI=1S/C31H54N2O4/c1-6-8-10-12-14-16-18-20-27(3)22-25-36-31(35)37-29(33-24-23-32(5)30(33)34)26-28(4)21-19-17-15-13-11-9-7-2/h23-24,29H,3-4,6-22,25-26H2,1-2,5H3. The Bertz CT molecular complexity index is 823. The second kappa shape index (κ2) is 20.8. The first-order valence-corrected chi connectivity index (χ1v) is 14.8. The van der Waals surface area contributed by atoms with Crippen LogP contribution in [0.1, 0.15) is 136 Å². The van der Waals surface area contributed by atoms with Crippen molar-refractivity contribution >= 4 is 6.16 Å². The SMILES string of the molecule is C=C(CCCCCCCCC)CCOC(=O)OC(CC(=C)CCCCCCCCC)n1ccn(C)c1=O. The maximum Gasteiger partial charge on any atom is 0.510 e. The number of hydrogen-bond acceptors (Lipinski definition) is 4. The molecule has 0 saturated carbocycles. The minimum absolute atomic E-state index is 0.232. The van der Waals surface area contributed by atoms with Crippen LogP contribution in [0, 0.1) is 0 Å². The van der Waals surface area contributed by atoms with Crippen molar-refractivity contribution in [2.24, 2.45) is 7.05 Å². The number of aryl methyl sites for hydroxylation is 1. The molecule has 212 valence electrons. The van der Waals surface area contributed by atoms with Gasteiger partial charge in [0.2, 0.25) is 0 Å². The van der Waals surface area contributed by atoms with E-state index < -0.39 is 12.4 Å². The van der Waals surface area contributed by atoms with Crippen LogP contribution in [0.5, 0.6) is 0 Å². The molecule has 0 N–H and O–H groups in total. The lowest BCUT2D eigenvalue weighted by Gasteiger charge is -2.19. The molecular formula is C31H54N2O4. The largest absolute Gasteiger partial charge is 0.510 e. The molecule has 0 amide bonds. The Labute approximate surface area is 226 Å². The number of hydrogen-bond donors (Lipinski definition) is 0. The number of nitrogens with zero attached hydrogens (tertiary/aromatic N) is 2. The van der Waals surface area contributed by atoms with E-state index in [1.165, 1.54) is 86.2 Å². The van der Waals surface area contributed by atoms with Crippen molar-refractivity contribution in [1.82, 2.24) is 9.13 Å². The van der Waals surface area contributed by atoms with Gasteiger partial charge in [0.25, 0.3) is 0 Å². The topological polar surface area (TPSA) is 62.5 Å². The van der Waals surface area contributed by atoms with Crippen LogP contribution in [0.3, 0.4) is 0 Å². The first-order valence-electron chi connectivity index (χ1n) is 14.8. The zero-order valence-electron chi connectivity index (χ0n) is 24.1. The molecule has 6 heteroatoms. The molecule has 1 aromatic rings. The molecule has 0 bridgehead atoms. The molecular weight excluding hydrogens is 464 g/mol. The number of carbonyl (C=O) groups is 1. The fraction of sp³-hybridized carbons (Fsp3) is 0.742. The van der Waals surface area contributed by atoms with Crippen LogP contribution in [0.2, 0.25) is 0 Å². The summed E-state index contributed by atoms with van der Waals surface area (Å²) in [4.78, 5) is 25.0. The van der Waals surface area contributed by atoms with Crippen molar-refractivity contribution in [2.45, 2.75) is 136 Å². The smallest absolute Gasteiger partial charge is 0.434 e. The molecule has 0 radical (unpaired) electrons. The minimum Gasteiger partial charge on any atom is -0.434 e. The third-order valence-corrected chi connectivity index (χ3v) is 6.92. The molecule has 0 aliphatic heterocycles. The highest BCUT2D eigenvalue weighted by Gasteiger charge is 2.21. The molecule has 0 saturated heterocycles. The van der Waals surface area contributed by atoms with Crippen molar-refractivity contribution in [3.63, 3.8) is 0 Å². The second-order valence-electron chi connectivity index (χ2n) is 10.5. The molecule has 1 unspecified atom stereocenters. The summed E-state index contributed by atoms with van der Waals surface area (Å²) in [5.41, 5.74) is 1.84. The number of ether oxygens (including phenoxy) is 2. The number of aromatic nitrogens is 2. The summed E-state index contributed by atoms with van der Waals surface area (Å²) >= 11 is 0. The maximum absolute atomic E-state index is 12.5. The summed E-state index contributed by atoms with van der Waals surface area (Å²) in [6, 6.07) is 0. The van der Waals surface area contributed by atoms with Gasteiger partial charge in [-0.25, -0.2) is 9.59 Å². The highest BCUT2D eigenvalue weighted by molar-refractivity contribution is 5.60. The normalized spacial score (nSPS) is 11.9. The summed E-state index contributed by atoms with van der Waals surface area (Å²) < 4.78 is 13.8. The van der Waals surface area contributed by atoms with Gasteiger partial charge in [0.15, 0.2) is 6.23 Å². The van der Waals surface area contributed by atoms with Gasteiger partial charge in [0.1, 0.15) is 0 Å². The molecule has 37 heavy (non-hydrogen) atoms. The lowest BCUT2D eigenvalue weighted by molar-refractivity contribution is -0.00521. The van der Waals surface area contributed by atoms with E-state index in [-0.39, 0.29) is 12.3 Å². The van der Waals surface area contributed by atoms with Gasteiger partial charge in [0.05, 0.1) is 6.61 Å². The van der Waals surface area contributed by atoms with Crippen LogP contribution in [-0.2, 0) is 16.5 Å². The third kappa shape index (κ3) is 15.6. The maximum atomic E-state index is 12.5. The van der Waals surface area contributed by atoms with E-state index in [4.69, 9.17) is 9.47 Å². The fourth-order valence-electron chi connectivity index (χ4n) is 4.46. The highest BCUT2D eigenvalue weighted by atomic mass is 16.7. The Morgan fingerprint density at radius 1 is 0.784 bits per heavy atom. The van der Waals surface area contributed by atoms with E-state index in [9.17, 15) is 9.59 Å². The molecule has 6 nitrogen and oxygen atoms in total. The van der Waals surface area contributed by atoms with E-state index in [0.29, 0.717) is 12.8 Å². The summed E-state index contributed by atoms with van der Waals surface area (Å²) in [5.74, 6) is 0. The van der Waals surface area contributed by atoms with E-state index in [1.807, 2.05) is 0 Å². The van der Waals surface area contributed by atoms with Gasteiger partial charge in [0, 0.05) is 32.3 Å². The van der Waals surface area contributed by atoms with Crippen LogP contribution in [0.15, 0.2) is 41.5 Å². The van der Waals surface area contributed by atoms with Crippen molar-refractivity contribution in [1.29, 1.82) is 0 Å². The lowest BCUT2D eigenvalue weighted by atomic mass is 10.0. The van der Waals surface area contributed by atoms with Gasteiger partial charge >= 0.3 is 11.8 Å². The molecule has 1 heterocycles. The van der Waals surface area contributed by atoms with Crippen molar-refractivity contribution in [3.8, 4) is 0 Å². The fourth-order valence-corrected chi connectivity index (χ4v) is 4.46. The number of carbonyl (C=O) groups excluding carboxylic acids is 1. The van der Waals surface area contributed by atoms with Crippen molar-refractivity contribution in [2.75, 3.05) is 6.61 Å². The first-order chi connectivity index (χ1) is 17.9. The zero-order chi connectivity index (χ0) is 27.3. The van der Waals surface area contributed by atoms with Crippen molar-refractivity contribution in [3.05, 3.63) is 47.2 Å². The number of rotatable bonds is 23. The predicted octanol–water partition coefficient (Wildman–Crippen LogP) is 9.01. The predicted molar refractivity (Wildman–Crippen MR) is 154 cm³/mol. The monoisotopic (exact) mass is 518 g/mol. The highest BCUT2D eigenvalue weighted by Crippen LogP contribution is 2.22. The van der Waals surface area contributed by atoms with Gasteiger partial charge in [-0.3, -0.25) is 4.57 Å². The Balaban J connectivity index is 2.40. The molecule has 0 aliphatic rings. The Morgan fingerprint density at radius 3 is 1.81 bits per heavy atom. The summed E-state index contributed by atoms with van der Waals surface area (Å²) in [5, 5.41) is 0. The summed E-state index contributed by atoms with van der Waals surface area (Å²) in [6.07, 6.45) is 22.2. The second-order valence-corrected chi connectivity index (χ2v) is 10.5. The molecule has 0 aliphatic carbocycles. The van der Waals surface area contributed by atoms with Crippen LogP contribution < -0.4 is 5.69 Å². The molecule has 0 aromatic carbocycles. The Morgan fingerprint density at radius 2 is 1.30 bits per heavy atom. The van der Waals surface area contributed by atoms with Gasteiger partial charge in [-0.2, -0.15) is 0 Å². The number of imidazole rings is 1. The summed E-state index contributed by atoms with van der Waals surface area (Å²) in [6.45, 7) is 13.0. The van der Waals surface area contributed by atoms with Gasteiger partial charge in [-0.1, -0.05) is 115 Å². The quantitative estimate of drug-likeness (QED) is 0.0823. The van der Waals surface area contributed by atoms with Crippen LogP contribution >= 0.6 is 0 Å².